The van der Waals surface area contributed by atoms with Gasteiger partial charge in [-0.05, 0) is 75.2 Å². The minimum Gasteiger partial charge on any atom is -0.507 e. The first-order valence-electron chi connectivity index (χ1n) is 19.7. The number of oxazole rings is 1. The summed E-state index contributed by atoms with van der Waals surface area (Å²) in [6, 6.07) is 47.6. The molecule has 296 valence electrons. The smallest absolute Gasteiger partial charge is 0.230 e. The summed E-state index contributed by atoms with van der Waals surface area (Å²) >= 11 is 0. The molecule has 6 aromatic carbocycles. The van der Waals surface area contributed by atoms with Crippen LogP contribution < -0.4 is 4.90 Å². The number of phenolic OH excluding ortho intramolecular Hbond substituents is 1. The molecule has 2 heterocycles. The van der Waals surface area contributed by atoms with Crippen molar-refractivity contribution in [1.82, 2.24) is 9.97 Å². The van der Waals surface area contributed by atoms with Gasteiger partial charge in [-0.1, -0.05) is 140 Å². The van der Waals surface area contributed by atoms with Gasteiger partial charge in [0.2, 0.25) is 5.89 Å². The van der Waals surface area contributed by atoms with Crippen LogP contribution in [0.15, 0.2) is 138 Å². The van der Waals surface area contributed by atoms with E-state index in [1.165, 1.54) is 5.56 Å². The van der Waals surface area contributed by atoms with E-state index in [0.717, 1.165) is 61.3 Å². The number of aromatic hydroxyl groups is 1. The van der Waals surface area contributed by atoms with Crippen molar-refractivity contribution < 1.29 is 30.6 Å². The largest absolute Gasteiger partial charge is 0.507 e. The van der Waals surface area contributed by atoms with Crippen molar-refractivity contribution in [2.45, 2.75) is 78.6 Å². The van der Waals surface area contributed by atoms with Crippen molar-refractivity contribution in [3.05, 3.63) is 156 Å². The molecule has 8 rings (SSSR count). The number of aromatic nitrogens is 2. The van der Waals surface area contributed by atoms with Crippen molar-refractivity contribution in [3.8, 4) is 39.5 Å². The van der Waals surface area contributed by atoms with Gasteiger partial charge in [-0.2, -0.15) is 0 Å². The zero-order valence-corrected chi connectivity index (χ0v) is 37.0. The Morgan fingerprint density at radius 3 is 1.78 bits per heavy atom. The molecule has 6 heteroatoms. The average molecular weight is 944 g/mol. The zero-order valence-electron chi connectivity index (χ0n) is 34.7. The molecule has 58 heavy (non-hydrogen) atoms. The van der Waals surface area contributed by atoms with E-state index < -0.39 is 0 Å². The van der Waals surface area contributed by atoms with Gasteiger partial charge in [-0.15, -0.1) is 34.9 Å². The van der Waals surface area contributed by atoms with E-state index in [9.17, 15) is 5.11 Å². The number of hydrogen-bond donors (Lipinski definition) is 1. The van der Waals surface area contributed by atoms with Crippen LogP contribution in [0.5, 0.6) is 5.75 Å². The first-order chi connectivity index (χ1) is 27.1. The molecule has 0 aliphatic rings. The molecule has 0 fully saturated rings. The molecule has 0 bridgehead atoms. The predicted octanol–water partition coefficient (Wildman–Crippen LogP) is 14.2. The van der Waals surface area contributed by atoms with Gasteiger partial charge in [0.05, 0.1) is 11.1 Å². The van der Waals surface area contributed by atoms with Crippen molar-refractivity contribution in [1.29, 1.82) is 0 Å². The Morgan fingerprint density at radius 2 is 1.17 bits per heavy atom. The van der Waals surface area contributed by atoms with Gasteiger partial charge >= 0.3 is 0 Å². The third-order valence-corrected chi connectivity index (χ3v) is 10.8. The molecule has 0 atom stereocenters. The fraction of sp³-hybridized carbons (Fsp3) is 0.231. The summed E-state index contributed by atoms with van der Waals surface area (Å²) in [5.41, 5.74) is 12.6. The second-order valence-electron chi connectivity index (χ2n) is 18.1. The molecule has 0 saturated heterocycles. The Hall–Kier alpha value is -5.51. The van der Waals surface area contributed by atoms with Gasteiger partial charge in [0.25, 0.3) is 0 Å². The monoisotopic (exact) mass is 943 g/mol. The van der Waals surface area contributed by atoms with Crippen LogP contribution in [0.2, 0.25) is 0 Å². The van der Waals surface area contributed by atoms with E-state index in [-0.39, 0.29) is 43.1 Å². The SMILES string of the molecule is CC(C)(C)c1cc(-c2cc(N(c3ccccc3)c3ccccc3)cc3oc(-c4cc(C(C)(C)C)ccc4O)nc23)[c-]c(-c2cccc3c(C(C)(C)C)ccnc23)c1.[Pt]. The van der Waals surface area contributed by atoms with Crippen LogP contribution in [0.3, 0.4) is 0 Å². The maximum Gasteiger partial charge on any atom is 0.230 e. The molecule has 2 aromatic heterocycles. The molecular formula is C52H50N3O2Pt-. The van der Waals surface area contributed by atoms with Gasteiger partial charge in [0.15, 0.2) is 0 Å². The van der Waals surface area contributed by atoms with Gasteiger partial charge in [-0.25, -0.2) is 4.98 Å². The Kier molecular flexibility index (Phi) is 10.8. The molecule has 0 aliphatic carbocycles. The molecule has 1 N–H and O–H groups in total. The average Bonchev–Trinajstić information content (AvgIpc) is 3.61. The van der Waals surface area contributed by atoms with Crippen molar-refractivity contribution in [2.24, 2.45) is 0 Å². The van der Waals surface area contributed by atoms with E-state index >= 15 is 0 Å². The third kappa shape index (κ3) is 7.85. The van der Waals surface area contributed by atoms with Crippen LogP contribution in [0, 0.1) is 6.07 Å². The quantitative estimate of drug-likeness (QED) is 0.168. The standard InChI is InChI=1S/C52H50N3O2.Pt/c1-50(2,3)35-23-24-45(56)43(30-35)49-54-48-42(31-39(32-46(48)57-49)55(37-17-12-10-13-18-37)38-19-14-11-15-20-38)34-27-33(28-36(29-34)51(4,5)6)40-21-16-22-41-44(52(7,8)9)25-26-53-47(40)41;/h10-26,28-32,56H,1-9H3;/q-1;. The van der Waals surface area contributed by atoms with Crippen LogP contribution in [-0.2, 0) is 37.3 Å². The van der Waals surface area contributed by atoms with E-state index in [1.54, 1.807) is 6.07 Å². The fourth-order valence-electron chi connectivity index (χ4n) is 7.58. The normalized spacial score (nSPS) is 12.2. The molecule has 8 aromatic rings. The number of rotatable bonds is 6. The van der Waals surface area contributed by atoms with E-state index in [0.29, 0.717) is 22.6 Å². The van der Waals surface area contributed by atoms with Gasteiger partial charge in [-0.3, -0.25) is 4.98 Å². The van der Waals surface area contributed by atoms with Crippen molar-refractivity contribution >= 4 is 39.1 Å². The number of phenols is 1. The molecular weight excluding hydrogens is 894 g/mol. The van der Waals surface area contributed by atoms with Crippen LogP contribution >= 0.6 is 0 Å². The van der Waals surface area contributed by atoms with Crippen molar-refractivity contribution in [3.63, 3.8) is 0 Å². The first kappa shape index (κ1) is 40.7. The molecule has 5 nitrogen and oxygen atoms in total. The Labute approximate surface area is 357 Å². The zero-order chi connectivity index (χ0) is 40.3. The minimum atomic E-state index is -0.182. The number of para-hydroxylation sites is 3. The van der Waals surface area contributed by atoms with E-state index in [2.05, 4.69) is 170 Å². The Balaban J connectivity index is 0.00000512. The molecule has 0 radical (unpaired) electrons. The fourth-order valence-corrected chi connectivity index (χ4v) is 7.58. The molecule has 0 saturated carbocycles. The minimum absolute atomic E-state index is 0. The second kappa shape index (κ2) is 15.3. The summed E-state index contributed by atoms with van der Waals surface area (Å²) in [6.45, 7) is 19.9. The summed E-state index contributed by atoms with van der Waals surface area (Å²) in [5.74, 6) is 0.478. The maximum atomic E-state index is 11.2. The Bertz CT molecular complexity index is 2710. The Morgan fingerprint density at radius 1 is 0.552 bits per heavy atom. The molecule has 0 unspecified atom stereocenters. The third-order valence-electron chi connectivity index (χ3n) is 10.8. The van der Waals surface area contributed by atoms with Gasteiger partial charge < -0.3 is 14.4 Å². The predicted molar refractivity (Wildman–Crippen MR) is 237 cm³/mol. The number of pyridine rings is 1. The topological polar surface area (TPSA) is 62.4 Å². The number of nitrogens with zero attached hydrogens (tertiary/aromatic N) is 3. The summed E-state index contributed by atoms with van der Waals surface area (Å²) in [6.07, 6.45) is 1.93. The van der Waals surface area contributed by atoms with Gasteiger partial charge in [0.1, 0.15) is 11.3 Å². The summed E-state index contributed by atoms with van der Waals surface area (Å²) in [7, 11) is 0. The molecule has 0 aliphatic heterocycles. The number of fused-ring (bicyclic) bond motifs is 2. The number of benzene rings is 6. The van der Waals surface area contributed by atoms with Gasteiger partial charge in [0, 0.05) is 55.9 Å². The summed E-state index contributed by atoms with van der Waals surface area (Å²) in [5, 5.41) is 12.4. The van der Waals surface area contributed by atoms with E-state index in [4.69, 9.17) is 14.4 Å². The second-order valence-corrected chi connectivity index (χ2v) is 18.1. The van der Waals surface area contributed by atoms with E-state index in [1.807, 2.05) is 30.5 Å². The molecule has 0 spiro atoms. The maximum absolute atomic E-state index is 11.2. The van der Waals surface area contributed by atoms with Crippen LogP contribution in [0.4, 0.5) is 17.1 Å². The number of hydrogen-bond acceptors (Lipinski definition) is 5. The van der Waals surface area contributed by atoms with Crippen LogP contribution in [0.1, 0.15) is 79.0 Å². The first-order valence-corrected chi connectivity index (χ1v) is 19.7. The van der Waals surface area contributed by atoms with Crippen molar-refractivity contribution in [2.75, 3.05) is 4.90 Å². The summed E-state index contributed by atoms with van der Waals surface area (Å²) < 4.78 is 6.72. The molecule has 0 amide bonds. The number of anilines is 3. The van der Waals surface area contributed by atoms with Crippen LogP contribution in [0.25, 0.3) is 55.7 Å². The summed E-state index contributed by atoms with van der Waals surface area (Å²) in [4.78, 5) is 12.4. The van der Waals surface area contributed by atoms with Crippen LogP contribution in [-0.4, -0.2) is 15.1 Å².